The molecule has 3 aliphatic carbocycles. The molecular formula is C23H34O7. The van der Waals surface area contributed by atoms with Crippen LogP contribution in [0.1, 0.15) is 46.5 Å². The van der Waals surface area contributed by atoms with Gasteiger partial charge in [-0.3, -0.25) is 9.59 Å². The van der Waals surface area contributed by atoms with Crippen molar-refractivity contribution in [1.29, 1.82) is 0 Å². The lowest BCUT2D eigenvalue weighted by Crippen LogP contribution is -2.56. The summed E-state index contributed by atoms with van der Waals surface area (Å²) >= 11 is 0. The van der Waals surface area contributed by atoms with Crippen LogP contribution in [0.25, 0.3) is 0 Å². The van der Waals surface area contributed by atoms with E-state index in [0.717, 1.165) is 18.4 Å². The van der Waals surface area contributed by atoms with Gasteiger partial charge in [0.1, 0.15) is 6.79 Å². The van der Waals surface area contributed by atoms with Gasteiger partial charge in [0.2, 0.25) is 0 Å². The second-order valence-corrected chi connectivity index (χ2v) is 9.40. The van der Waals surface area contributed by atoms with E-state index in [0.29, 0.717) is 26.2 Å². The van der Waals surface area contributed by atoms with Gasteiger partial charge < -0.3 is 23.7 Å². The predicted molar refractivity (Wildman–Crippen MR) is 107 cm³/mol. The van der Waals surface area contributed by atoms with Gasteiger partial charge in [-0.05, 0) is 49.5 Å². The molecule has 2 saturated carbocycles. The van der Waals surface area contributed by atoms with Crippen LogP contribution < -0.4 is 0 Å². The lowest BCUT2D eigenvalue weighted by Gasteiger charge is -2.56. The first kappa shape index (κ1) is 21.9. The summed E-state index contributed by atoms with van der Waals surface area (Å²) in [7, 11) is 1.61. The molecule has 4 rings (SSSR count). The third-order valence-corrected chi connectivity index (χ3v) is 7.99. The van der Waals surface area contributed by atoms with E-state index in [1.165, 1.54) is 0 Å². The van der Waals surface area contributed by atoms with Gasteiger partial charge in [0, 0.05) is 25.9 Å². The quantitative estimate of drug-likeness (QED) is 0.481. The Bertz CT molecular complexity index is 710. The molecule has 0 aromatic rings. The molecule has 6 atom stereocenters. The van der Waals surface area contributed by atoms with Gasteiger partial charge in [-0.25, -0.2) is 0 Å². The Kier molecular flexibility index (Phi) is 6.10. The molecule has 168 valence electrons. The second kappa shape index (κ2) is 8.34. The number of ketones is 1. The van der Waals surface area contributed by atoms with Crippen molar-refractivity contribution in [2.75, 3.05) is 33.7 Å². The van der Waals surface area contributed by atoms with E-state index in [-0.39, 0.29) is 60.2 Å². The van der Waals surface area contributed by atoms with E-state index < -0.39 is 5.79 Å². The van der Waals surface area contributed by atoms with Crippen LogP contribution in [0.15, 0.2) is 11.6 Å². The molecule has 1 aliphatic heterocycles. The highest BCUT2D eigenvalue weighted by Crippen LogP contribution is 2.65. The van der Waals surface area contributed by atoms with Crippen molar-refractivity contribution in [3.05, 3.63) is 11.6 Å². The lowest BCUT2D eigenvalue weighted by molar-refractivity contribution is -0.169. The standard InChI is InChI=1S/C23H34O7/c1-5-27-21(25)10-16-14(2)8-19(24)17-9-20(28-13-26-4)15-11-23(29-6-7-30-23)12-18(15)22(16,17)3/h8,15-18,20H,5-7,9-13H2,1-4H3/t15-,16+,17-,18+,20+,22-/m0/s1. The number of ether oxygens (including phenoxy) is 5. The summed E-state index contributed by atoms with van der Waals surface area (Å²) in [5.74, 6) is -0.610. The van der Waals surface area contributed by atoms with Crippen LogP contribution >= 0.6 is 0 Å². The topological polar surface area (TPSA) is 80.3 Å². The summed E-state index contributed by atoms with van der Waals surface area (Å²) in [6.45, 7) is 7.71. The normalized spacial score (nSPS) is 39.5. The number of hydrogen-bond acceptors (Lipinski definition) is 7. The number of hydrogen-bond donors (Lipinski definition) is 0. The zero-order valence-corrected chi connectivity index (χ0v) is 18.5. The molecule has 0 bridgehead atoms. The highest BCUT2D eigenvalue weighted by Gasteiger charge is 2.65. The van der Waals surface area contributed by atoms with Gasteiger partial charge in [0.25, 0.3) is 0 Å². The summed E-state index contributed by atoms with van der Waals surface area (Å²) in [6.07, 6.45) is 4.02. The molecule has 0 unspecified atom stereocenters. The Morgan fingerprint density at radius 2 is 2.00 bits per heavy atom. The summed E-state index contributed by atoms with van der Waals surface area (Å²) in [4.78, 5) is 25.7. The minimum Gasteiger partial charge on any atom is -0.466 e. The van der Waals surface area contributed by atoms with E-state index in [4.69, 9.17) is 23.7 Å². The van der Waals surface area contributed by atoms with Crippen LogP contribution in [0.4, 0.5) is 0 Å². The zero-order chi connectivity index (χ0) is 21.5. The number of carbonyl (C=O) groups is 2. The molecule has 1 saturated heterocycles. The Hall–Kier alpha value is -1.28. The van der Waals surface area contributed by atoms with Crippen LogP contribution in [-0.2, 0) is 33.3 Å². The van der Waals surface area contributed by atoms with Gasteiger partial charge >= 0.3 is 5.97 Å². The monoisotopic (exact) mass is 422 g/mol. The number of carbonyl (C=O) groups excluding carboxylic acids is 2. The van der Waals surface area contributed by atoms with Crippen LogP contribution in [0.3, 0.4) is 0 Å². The first-order valence-corrected chi connectivity index (χ1v) is 11.1. The third-order valence-electron chi connectivity index (χ3n) is 7.99. The predicted octanol–water partition coefficient (Wildman–Crippen LogP) is 2.87. The molecular weight excluding hydrogens is 388 g/mol. The first-order chi connectivity index (χ1) is 14.3. The van der Waals surface area contributed by atoms with Crippen molar-refractivity contribution in [2.24, 2.45) is 29.1 Å². The third kappa shape index (κ3) is 3.53. The molecule has 0 amide bonds. The molecule has 3 fully saturated rings. The maximum atomic E-state index is 13.2. The van der Waals surface area contributed by atoms with Crippen molar-refractivity contribution >= 4 is 11.8 Å². The van der Waals surface area contributed by atoms with Crippen molar-refractivity contribution in [2.45, 2.75) is 58.3 Å². The van der Waals surface area contributed by atoms with Crippen molar-refractivity contribution < 1.29 is 33.3 Å². The lowest BCUT2D eigenvalue weighted by atomic mass is 9.48. The SMILES string of the molecule is CCOC(=O)C[C@@H]1C(C)=CC(=O)[C@@H]2C[C@@H](OCOC)[C@H]3CC4(C[C@H]3[C@@]12C)OCCO4. The number of fused-ring (bicyclic) bond motifs is 3. The van der Waals surface area contributed by atoms with E-state index >= 15 is 0 Å². The Balaban J connectivity index is 1.72. The molecule has 1 spiro atoms. The van der Waals surface area contributed by atoms with Gasteiger partial charge in [-0.15, -0.1) is 0 Å². The van der Waals surface area contributed by atoms with Gasteiger partial charge in [-0.2, -0.15) is 0 Å². The van der Waals surface area contributed by atoms with E-state index in [1.807, 2.05) is 13.8 Å². The Morgan fingerprint density at radius 3 is 2.67 bits per heavy atom. The van der Waals surface area contributed by atoms with E-state index in [2.05, 4.69) is 6.92 Å². The summed E-state index contributed by atoms with van der Waals surface area (Å²) in [5, 5.41) is 0. The molecule has 7 nitrogen and oxygen atoms in total. The number of allylic oxidation sites excluding steroid dienone is 2. The highest BCUT2D eigenvalue weighted by atomic mass is 16.7. The van der Waals surface area contributed by atoms with Crippen molar-refractivity contribution in [1.82, 2.24) is 0 Å². The molecule has 7 heteroatoms. The Labute approximate surface area is 178 Å². The fourth-order valence-corrected chi connectivity index (χ4v) is 6.75. The average Bonchev–Trinajstić information content (AvgIpc) is 3.32. The van der Waals surface area contributed by atoms with E-state index in [1.54, 1.807) is 13.2 Å². The maximum absolute atomic E-state index is 13.2. The largest absolute Gasteiger partial charge is 0.466 e. The van der Waals surface area contributed by atoms with Crippen LogP contribution in [0.2, 0.25) is 0 Å². The summed E-state index contributed by atoms with van der Waals surface area (Å²) in [5.41, 5.74) is 0.593. The molecule has 4 aliphatic rings. The van der Waals surface area contributed by atoms with Gasteiger partial charge in [0.05, 0.1) is 32.3 Å². The molecule has 0 aromatic carbocycles. The minimum absolute atomic E-state index is 0.0494. The second-order valence-electron chi connectivity index (χ2n) is 9.40. The fourth-order valence-electron chi connectivity index (χ4n) is 6.75. The van der Waals surface area contributed by atoms with E-state index in [9.17, 15) is 9.59 Å². The smallest absolute Gasteiger partial charge is 0.306 e. The average molecular weight is 423 g/mol. The zero-order valence-electron chi connectivity index (χ0n) is 18.5. The van der Waals surface area contributed by atoms with Crippen LogP contribution in [-0.4, -0.2) is 57.4 Å². The van der Waals surface area contributed by atoms with Gasteiger partial charge in [-0.1, -0.05) is 12.5 Å². The van der Waals surface area contributed by atoms with Crippen molar-refractivity contribution in [3.63, 3.8) is 0 Å². The summed E-state index contributed by atoms with van der Waals surface area (Å²) in [6, 6.07) is 0. The van der Waals surface area contributed by atoms with Crippen molar-refractivity contribution in [3.8, 4) is 0 Å². The molecule has 30 heavy (non-hydrogen) atoms. The Morgan fingerprint density at radius 1 is 1.27 bits per heavy atom. The van der Waals surface area contributed by atoms with Gasteiger partial charge in [0.15, 0.2) is 11.6 Å². The number of esters is 1. The molecule has 0 N–H and O–H groups in total. The molecule has 0 radical (unpaired) electrons. The van der Waals surface area contributed by atoms with Crippen LogP contribution in [0, 0.1) is 29.1 Å². The maximum Gasteiger partial charge on any atom is 0.306 e. The first-order valence-electron chi connectivity index (χ1n) is 11.1. The molecule has 1 heterocycles. The highest BCUT2D eigenvalue weighted by molar-refractivity contribution is 5.94. The molecule has 0 aromatic heterocycles. The number of methoxy groups -OCH3 is 1. The fraction of sp³-hybridized carbons (Fsp3) is 0.826. The van der Waals surface area contributed by atoms with Crippen LogP contribution in [0.5, 0.6) is 0 Å². The minimum atomic E-state index is -0.603. The summed E-state index contributed by atoms with van der Waals surface area (Å²) < 4.78 is 28.7. The number of rotatable bonds is 6.